The zero-order valence-electron chi connectivity index (χ0n) is 15.3. The van der Waals surface area contributed by atoms with Crippen molar-refractivity contribution in [3.63, 3.8) is 0 Å². The number of hydrogen-bond acceptors (Lipinski definition) is 5. The van der Waals surface area contributed by atoms with Crippen LogP contribution in [0.15, 0.2) is 73.2 Å². The molecule has 0 bridgehead atoms. The molecular weight excluding hydrogens is 334 g/mol. The van der Waals surface area contributed by atoms with Crippen LogP contribution >= 0.6 is 0 Å². The number of nitrogens with one attached hydrogen (secondary N) is 2. The molecule has 0 aliphatic heterocycles. The molecule has 0 fully saturated rings. The molecule has 2 aromatic carbocycles. The van der Waals surface area contributed by atoms with E-state index in [2.05, 4.69) is 63.7 Å². The van der Waals surface area contributed by atoms with Crippen molar-refractivity contribution < 1.29 is 0 Å². The van der Waals surface area contributed by atoms with Crippen LogP contribution in [0, 0.1) is 0 Å². The summed E-state index contributed by atoms with van der Waals surface area (Å²) in [4.78, 5) is 13.1. The average molecular weight is 355 g/mol. The number of pyridine rings is 1. The van der Waals surface area contributed by atoms with Gasteiger partial charge in [-0.3, -0.25) is 4.98 Å². The Kier molecular flexibility index (Phi) is 4.66. The largest absolute Gasteiger partial charge is 0.340 e. The number of hydrogen-bond donors (Lipinski definition) is 2. The SMILES string of the molecule is CC(C)c1ccc(Nc2cc(Nc3cccc4cccnc34)ncn2)cc1. The molecule has 27 heavy (non-hydrogen) atoms. The van der Waals surface area contributed by atoms with Gasteiger partial charge in [-0.05, 0) is 35.7 Å². The van der Waals surface area contributed by atoms with Crippen LogP contribution in [0.3, 0.4) is 0 Å². The molecule has 0 spiro atoms. The molecule has 2 heterocycles. The summed E-state index contributed by atoms with van der Waals surface area (Å²) in [6.45, 7) is 4.37. The molecule has 0 unspecified atom stereocenters. The lowest BCUT2D eigenvalue weighted by atomic mass is 10.0. The van der Waals surface area contributed by atoms with E-state index >= 15 is 0 Å². The van der Waals surface area contributed by atoms with E-state index in [1.165, 1.54) is 5.56 Å². The highest BCUT2D eigenvalue weighted by atomic mass is 15.1. The van der Waals surface area contributed by atoms with E-state index in [-0.39, 0.29) is 0 Å². The van der Waals surface area contributed by atoms with Crippen molar-refractivity contribution in [2.75, 3.05) is 10.6 Å². The van der Waals surface area contributed by atoms with Gasteiger partial charge in [-0.25, -0.2) is 9.97 Å². The maximum absolute atomic E-state index is 4.47. The zero-order chi connectivity index (χ0) is 18.6. The van der Waals surface area contributed by atoms with E-state index in [0.29, 0.717) is 11.7 Å². The topological polar surface area (TPSA) is 62.7 Å². The first-order valence-electron chi connectivity index (χ1n) is 8.99. The maximum atomic E-state index is 4.47. The molecule has 0 radical (unpaired) electrons. The minimum atomic E-state index is 0.517. The molecule has 0 aliphatic rings. The van der Waals surface area contributed by atoms with Gasteiger partial charge in [0.25, 0.3) is 0 Å². The van der Waals surface area contributed by atoms with Crippen LogP contribution in [0.1, 0.15) is 25.3 Å². The predicted octanol–water partition coefficient (Wildman–Crippen LogP) is 5.64. The number of para-hydroxylation sites is 1. The molecule has 5 nitrogen and oxygen atoms in total. The van der Waals surface area contributed by atoms with Crippen molar-refractivity contribution in [1.29, 1.82) is 0 Å². The first-order chi connectivity index (χ1) is 13.2. The van der Waals surface area contributed by atoms with Gasteiger partial charge in [0, 0.05) is 23.3 Å². The lowest BCUT2D eigenvalue weighted by Crippen LogP contribution is -1.99. The highest BCUT2D eigenvalue weighted by Gasteiger charge is 2.05. The van der Waals surface area contributed by atoms with Gasteiger partial charge in [-0.15, -0.1) is 0 Å². The summed E-state index contributed by atoms with van der Waals surface area (Å²) in [6, 6.07) is 20.3. The minimum absolute atomic E-state index is 0.517. The molecule has 2 N–H and O–H groups in total. The normalized spacial score (nSPS) is 10.9. The Morgan fingerprint density at radius 1 is 0.778 bits per heavy atom. The van der Waals surface area contributed by atoms with Gasteiger partial charge in [-0.2, -0.15) is 0 Å². The highest BCUT2D eigenvalue weighted by Crippen LogP contribution is 2.25. The van der Waals surface area contributed by atoms with E-state index in [4.69, 9.17) is 0 Å². The standard InChI is InChI=1S/C22H21N5/c1-15(2)16-8-10-18(11-9-16)26-20-13-21(25-14-24-20)27-19-7-3-5-17-6-4-12-23-22(17)19/h3-15H,1-2H3,(H2,24,25,26,27). The molecule has 0 aliphatic carbocycles. The third kappa shape index (κ3) is 3.87. The third-order valence-electron chi connectivity index (χ3n) is 4.41. The van der Waals surface area contributed by atoms with Crippen molar-refractivity contribution in [2.24, 2.45) is 0 Å². The Labute approximate surface area is 158 Å². The summed E-state index contributed by atoms with van der Waals surface area (Å²) in [5.41, 5.74) is 4.14. The Morgan fingerprint density at radius 3 is 2.30 bits per heavy atom. The van der Waals surface area contributed by atoms with Crippen LogP contribution in [0.2, 0.25) is 0 Å². The minimum Gasteiger partial charge on any atom is -0.340 e. The number of rotatable bonds is 5. The fraction of sp³-hybridized carbons (Fsp3) is 0.136. The first kappa shape index (κ1) is 17.0. The summed E-state index contributed by atoms with van der Waals surface area (Å²) in [5.74, 6) is 1.96. The number of fused-ring (bicyclic) bond motifs is 1. The van der Waals surface area contributed by atoms with Gasteiger partial charge in [0.05, 0.1) is 11.2 Å². The van der Waals surface area contributed by atoms with Crippen LogP contribution in [0.4, 0.5) is 23.0 Å². The smallest absolute Gasteiger partial charge is 0.135 e. The molecule has 5 heteroatoms. The molecule has 2 aromatic heterocycles. The number of anilines is 4. The zero-order valence-corrected chi connectivity index (χ0v) is 15.3. The predicted molar refractivity (Wildman–Crippen MR) is 111 cm³/mol. The first-order valence-corrected chi connectivity index (χ1v) is 8.99. The molecule has 0 saturated carbocycles. The number of benzene rings is 2. The van der Waals surface area contributed by atoms with Crippen molar-refractivity contribution >= 4 is 33.9 Å². The van der Waals surface area contributed by atoms with E-state index in [1.54, 1.807) is 12.5 Å². The monoisotopic (exact) mass is 355 g/mol. The van der Waals surface area contributed by atoms with Crippen LogP contribution in [0.25, 0.3) is 10.9 Å². The van der Waals surface area contributed by atoms with Crippen molar-refractivity contribution in [1.82, 2.24) is 15.0 Å². The van der Waals surface area contributed by atoms with Gasteiger partial charge in [0.2, 0.25) is 0 Å². The average Bonchev–Trinajstić information content (AvgIpc) is 2.69. The maximum Gasteiger partial charge on any atom is 0.135 e. The quantitative estimate of drug-likeness (QED) is 0.485. The molecule has 0 amide bonds. The van der Waals surface area contributed by atoms with Crippen LogP contribution in [-0.4, -0.2) is 15.0 Å². The Bertz CT molecular complexity index is 1050. The van der Waals surface area contributed by atoms with Gasteiger partial charge < -0.3 is 10.6 Å². The van der Waals surface area contributed by atoms with E-state index in [0.717, 1.165) is 28.1 Å². The van der Waals surface area contributed by atoms with Crippen molar-refractivity contribution in [3.8, 4) is 0 Å². The van der Waals surface area contributed by atoms with Crippen LogP contribution in [0.5, 0.6) is 0 Å². The Morgan fingerprint density at radius 2 is 1.52 bits per heavy atom. The van der Waals surface area contributed by atoms with Gasteiger partial charge in [0.1, 0.15) is 18.0 Å². The summed E-state index contributed by atoms with van der Waals surface area (Å²) in [6.07, 6.45) is 3.34. The van der Waals surface area contributed by atoms with Crippen LogP contribution < -0.4 is 10.6 Å². The molecular formula is C22H21N5. The van der Waals surface area contributed by atoms with E-state index in [9.17, 15) is 0 Å². The van der Waals surface area contributed by atoms with Gasteiger partial charge in [-0.1, -0.05) is 44.2 Å². The number of aromatic nitrogens is 3. The molecule has 0 atom stereocenters. The van der Waals surface area contributed by atoms with Crippen molar-refractivity contribution in [3.05, 3.63) is 78.8 Å². The molecule has 134 valence electrons. The summed E-state index contributed by atoms with van der Waals surface area (Å²) in [7, 11) is 0. The summed E-state index contributed by atoms with van der Waals surface area (Å²) >= 11 is 0. The second-order valence-corrected chi connectivity index (χ2v) is 6.70. The lowest BCUT2D eigenvalue weighted by Gasteiger charge is -2.11. The molecule has 4 aromatic rings. The highest BCUT2D eigenvalue weighted by molar-refractivity contribution is 5.91. The summed E-state index contributed by atoms with van der Waals surface area (Å²) < 4.78 is 0. The fourth-order valence-corrected chi connectivity index (χ4v) is 2.94. The lowest BCUT2D eigenvalue weighted by molar-refractivity contribution is 0.867. The van der Waals surface area contributed by atoms with E-state index < -0.39 is 0 Å². The fourth-order valence-electron chi connectivity index (χ4n) is 2.94. The van der Waals surface area contributed by atoms with Crippen molar-refractivity contribution in [2.45, 2.75) is 19.8 Å². The molecule has 4 rings (SSSR count). The van der Waals surface area contributed by atoms with Gasteiger partial charge >= 0.3 is 0 Å². The summed E-state index contributed by atoms with van der Waals surface area (Å²) in [5, 5.41) is 7.75. The second kappa shape index (κ2) is 7.41. The van der Waals surface area contributed by atoms with E-state index in [1.807, 2.05) is 36.4 Å². The third-order valence-corrected chi connectivity index (χ3v) is 4.41. The Hall–Kier alpha value is -3.47. The second-order valence-electron chi connectivity index (χ2n) is 6.70. The number of nitrogens with zero attached hydrogens (tertiary/aromatic N) is 3. The molecule has 0 saturated heterocycles. The van der Waals surface area contributed by atoms with Gasteiger partial charge in [0.15, 0.2) is 0 Å². The Balaban J connectivity index is 1.55. The van der Waals surface area contributed by atoms with Crippen LogP contribution in [-0.2, 0) is 0 Å².